The molecule has 0 saturated heterocycles. The summed E-state index contributed by atoms with van der Waals surface area (Å²) in [5.41, 5.74) is -1.86. The van der Waals surface area contributed by atoms with Crippen molar-refractivity contribution in [2.45, 2.75) is 141 Å². The molecule has 0 saturated carbocycles. The fourth-order valence-corrected chi connectivity index (χ4v) is 4.37. The van der Waals surface area contributed by atoms with E-state index in [2.05, 4.69) is 13.8 Å². The Hall–Kier alpha value is -0.160. The van der Waals surface area contributed by atoms with Crippen LogP contribution < -0.4 is 0 Å². The van der Waals surface area contributed by atoms with Gasteiger partial charge in [-0.2, -0.15) is 8.42 Å². The van der Waals surface area contributed by atoms with Crippen molar-refractivity contribution in [1.29, 1.82) is 0 Å². The molecule has 0 aromatic carbocycles. The van der Waals surface area contributed by atoms with Gasteiger partial charge < -0.3 is 0 Å². The first-order valence-corrected chi connectivity index (χ1v) is 13.5. The van der Waals surface area contributed by atoms with Crippen LogP contribution in [0.15, 0.2) is 0 Å². The van der Waals surface area contributed by atoms with Crippen LogP contribution in [0.1, 0.15) is 136 Å². The van der Waals surface area contributed by atoms with Gasteiger partial charge >= 0.3 is 0 Å². The van der Waals surface area contributed by atoms with Crippen molar-refractivity contribution in [3.8, 4) is 0 Å². The molecule has 0 fully saturated rings. The average molecular weight is 423 g/mol. The number of alkyl halides is 1. The lowest BCUT2D eigenvalue weighted by atomic mass is 10.1. The first-order valence-electron chi connectivity index (χ1n) is 12.1. The first-order chi connectivity index (χ1) is 13.5. The molecule has 0 aliphatic heterocycles. The predicted octanol–water partition coefficient (Wildman–Crippen LogP) is 8.08. The quantitative estimate of drug-likeness (QED) is 0.131. The van der Waals surface area contributed by atoms with Crippen molar-refractivity contribution < 1.29 is 17.0 Å². The highest BCUT2D eigenvalue weighted by Crippen LogP contribution is 2.17. The maximum atomic E-state index is 13.9. The molecule has 0 rings (SSSR count). The second-order valence-electron chi connectivity index (χ2n) is 8.17. The van der Waals surface area contributed by atoms with Crippen molar-refractivity contribution in [1.82, 2.24) is 0 Å². The summed E-state index contributed by atoms with van der Waals surface area (Å²) in [6.07, 6.45) is 20.8. The fourth-order valence-electron chi connectivity index (χ4n) is 3.42. The topological polar surface area (TPSA) is 43.4 Å². The monoisotopic (exact) mass is 422 g/mol. The fraction of sp³-hybridized carbons (Fsp3) is 1.00. The second-order valence-corrected chi connectivity index (χ2v) is 9.90. The Morgan fingerprint density at radius 2 is 0.964 bits per heavy atom. The third kappa shape index (κ3) is 17.9. The number of hydrogen-bond acceptors (Lipinski definition) is 3. The molecule has 0 radical (unpaired) electrons. The summed E-state index contributed by atoms with van der Waals surface area (Å²) in [5.74, 6) is 0. The molecule has 0 aromatic rings. The summed E-state index contributed by atoms with van der Waals surface area (Å²) >= 11 is 0. The van der Waals surface area contributed by atoms with Gasteiger partial charge in [0.05, 0.1) is 6.61 Å². The second kappa shape index (κ2) is 20.1. The van der Waals surface area contributed by atoms with Crippen LogP contribution in [0.5, 0.6) is 0 Å². The average Bonchev–Trinajstić information content (AvgIpc) is 2.68. The van der Waals surface area contributed by atoms with Gasteiger partial charge in [0.2, 0.25) is 5.50 Å². The number of halogens is 1. The minimum atomic E-state index is -4.04. The zero-order valence-electron chi connectivity index (χ0n) is 18.7. The van der Waals surface area contributed by atoms with Gasteiger partial charge in [-0.1, -0.05) is 117 Å². The minimum absolute atomic E-state index is 0.0624. The van der Waals surface area contributed by atoms with Crippen LogP contribution in [0.2, 0.25) is 0 Å². The smallest absolute Gasteiger partial charge is 0.268 e. The number of hydrogen-bond donors (Lipinski definition) is 0. The molecule has 0 aromatic heterocycles. The standard InChI is InChI=1S/C23H47FO3S/c1-3-5-7-9-11-12-13-14-15-16-18-20-22-27-28(25,26)23(24)21-19-17-10-8-6-4-2/h23H,3-22H2,1-2H3. The van der Waals surface area contributed by atoms with E-state index < -0.39 is 15.6 Å². The van der Waals surface area contributed by atoms with Crippen LogP contribution in [-0.4, -0.2) is 20.5 Å². The van der Waals surface area contributed by atoms with Crippen LogP contribution in [0.3, 0.4) is 0 Å². The van der Waals surface area contributed by atoms with E-state index in [-0.39, 0.29) is 13.0 Å². The summed E-state index contributed by atoms with van der Waals surface area (Å²) in [4.78, 5) is 0. The van der Waals surface area contributed by atoms with Gasteiger partial charge in [0, 0.05) is 0 Å². The maximum absolute atomic E-state index is 13.9. The van der Waals surface area contributed by atoms with Crippen LogP contribution >= 0.6 is 0 Å². The summed E-state index contributed by atoms with van der Waals surface area (Å²) in [6.45, 7) is 4.52. The molecule has 1 atom stereocenters. The molecular formula is C23H47FO3S. The van der Waals surface area contributed by atoms with Gasteiger partial charge in [-0.05, 0) is 19.3 Å². The van der Waals surface area contributed by atoms with E-state index in [4.69, 9.17) is 4.18 Å². The SMILES string of the molecule is CCCCCCCCCCCCCCOS(=O)(=O)C(F)CCCCCCCC. The summed E-state index contributed by atoms with van der Waals surface area (Å²) in [7, 11) is -4.04. The highest BCUT2D eigenvalue weighted by atomic mass is 32.2. The Bertz CT molecular complexity index is 412. The first kappa shape index (κ1) is 27.8. The molecule has 0 amide bonds. The van der Waals surface area contributed by atoms with E-state index in [1.54, 1.807) is 0 Å². The molecule has 28 heavy (non-hydrogen) atoms. The summed E-state index contributed by atoms with van der Waals surface area (Å²) < 4.78 is 42.4. The van der Waals surface area contributed by atoms with Crippen LogP contribution in [-0.2, 0) is 14.3 Å². The predicted molar refractivity (Wildman–Crippen MR) is 119 cm³/mol. The summed E-state index contributed by atoms with van der Waals surface area (Å²) in [6, 6.07) is 0. The van der Waals surface area contributed by atoms with Crippen molar-refractivity contribution in [3.05, 3.63) is 0 Å². The Morgan fingerprint density at radius 1 is 0.607 bits per heavy atom. The van der Waals surface area contributed by atoms with E-state index in [1.807, 2.05) is 0 Å². The molecule has 3 nitrogen and oxygen atoms in total. The van der Waals surface area contributed by atoms with Crippen molar-refractivity contribution in [2.24, 2.45) is 0 Å². The van der Waals surface area contributed by atoms with Crippen LogP contribution in [0.25, 0.3) is 0 Å². The molecule has 170 valence electrons. The summed E-state index contributed by atoms with van der Waals surface area (Å²) in [5, 5.41) is 0. The van der Waals surface area contributed by atoms with E-state index >= 15 is 0 Å². The van der Waals surface area contributed by atoms with Gasteiger partial charge in [-0.15, -0.1) is 0 Å². The third-order valence-corrected chi connectivity index (χ3v) is 6.70. The minimum Gasteiger partial charge on any atom is -0.268 e. The van der Waals surface area contributed by atoms with Gasteiger partial charge in [0.15, 0.2) is 0 Å². The Morgan fingerprint density at radius 3 is 1.39 bits per heavy atom. The molecule has 5 heteroatoms. The Kier molecular flexibility index (Phi) is 20.0. The van der Waals surface area contributed by atoms with E-state index in [1.165, 1.54) is 70.6 Å². The number of rotatable bonds is 22. The Labute approximate surface area is 175 Å². The van der Waals surface area contributed by atoms with Crippen molar-refractivity contribution in [3.63, 3.8) is 0 Å². The zero-order valence-corrected chi connectivity index (χ0v) is 19.5. The van der Waals surface area contributed by atoms with Crippen LogP contribution in [0.4, 0.5) is 4.39 Å². The lowest BCUT2D eigenvalue weighted by Gasteiger charge is -2.10. The zero-order chi connectivity index (χ0) is 20.9. The normalized spacial score (nSPS) is 13.1. The molecule has 0 aliphatic rings. The molecule has 0 N–H and O–H groups in total. The molecule has 0 spiro atoms. The van der Waals surface area contributed by atoms with Crippen molar-refractivity contribution >= 4 is 10.1 Å². The van der Waals surface area contributed by atoms with E-state index in [0.29, 0.717) is 12.8 Å². The third-order valence-electron chi connectivity index (χ3n) is 5.34. The lowest BCUT2D eigenvalue weighted by Crippen LogP contribution is -2.19. The van der Waals surface area contributed by atoms with Gasteiger partial charge in [0.1, 0.15) is 0 Å². The van der Waals surface area contributed by atoms with Gasteiger partial charge in [-0.25, -0.2) is 4.39 Å². The highest BCUT2D eigenvalue weighted by molar-refractivity contribution is 7.87. The van der Waals surface area contributed by atoms with E-state index in [0.717, 1.165) is 32.1 Å². The van der Waals surface area contributed by atoms with E-state index in [9.17, 15) is 12.8 Å². The number of unbranched alkanes of at least 4 members (excludes halogenated alkanes) is 16. The van der Waals surface area contributed by atoms with Gasteiger partial charge in [-0.3, -0.25) is 4.18 Å². The molecule has 1 unspecified atom stereocenters. The largest absolute Gasteiger partial charge is 0.299 e. The highest BCUT2D eigenvalue weighted by Gasteiger charge is 2.25. The molecule has 0 heterocycles. The molecule has 0 aliphatic carbocycles. The molecular weight excluding hydrogens is 375 g/mol. The van der Waals surface area contributed by atoms with Crippen molar-refractivity contribution in [2.75, 3.05) is 6.61 Å². The molecule has 0 bridgehead atoms. The Balaban J connectivity index is 3.47. The van der Waals surface area contributed by atoms with Crippen LogP contribution in [0, 0.1) is 0 Å². The lowest BCUT2D eigenvalue weighted by molar-refractivity contribution is 0.270. The van der Waals surface area contributed by atoms with Gasteiger partial charge in [0.25, 0.3) is 10.1 Å². The maximum Gasteiger partial charge on any atom is 0.299 e.